The van der Waals surface area contributed by atoms with Crippen LogP contribution in [0.3, 0.4) is 0 Å². The highest BCUT2D eigenvalue weighted by molar-refractivity contribution is 5.59. The van der Waals surface area contributed by atoms with Crippen LogP contribution in [0.15, 0.2) is 65.7 Å². The van der Waals surface area contributed by atoms with Crippen LogP contribution in [-0.2, 0) is 6.42 Å². The quantitative estimate of drug-likeness (QED) is 0.288. The van der Waals surface area contributed by atoms with Crippen LogP contribution in [0.25, 0.3) is 11.3 Å². The number of hydrogen-bond acceptors (Lipinski definition) is 6. The van der Waals surface area contributed by atoms with Crippen molar-refractivity contribution in [3.05, 3.63) is 92.7 Å². The van der Waals surface area contributed by atoms with Gasteiger partial charge in [-0.3, -0.25) is 19.3 Å². The van der Waals surface area contributed by atoms with Gasteiger partial charge < -0.3 is 5.32 Å². The van der Waals surface area contributed by atoms with E-state index in [0.717, 1.165) is 23.4 Å². The minimum absolute atomic E-state index is 0.00657. The second-order valence-corrected chi connectivity index (χ2v) is 6.85. The normalized spacial score (nSPS) is 11.0. The number of hydrogen-bond donors (Lipinski definition) is 1. The third-order valence-corrected chi connectivity index (χ3v) is 4.83. The van der Waals surface area contributed by atoms with Gasteiger partial charge in [0.1, 0.15) is 5.65 Å². The second-order valence-electron chi connectivity index (χ2n) is 6.85. The Labute approximate surface area is 171 Å². The largest absolute Gasteiger partial charge is 0.376 e. The molecule has 0 unspecified atom stereocenters. The van der Waals surface area contributed by atoms with E-state index in [0.29, 0.717) is 18.6 Å². The molecule has 0 saturated carbocycles. The zero-order chi connectivity index (χ0) is 21.1. The fourth-order valence-corrected chi connectivity index (χ4v) is 3.31. The van der Waals surface area contributed by atoms with E-state index in [9.17, 15) is 14.9 Å². The maximum atomic E-state index is 12.5. The number of benzene rings is 1. The maximum absolute atomic E-state index is 12.5. The molecule has 0 fully saturated rings. The number of anilines is 1. The van der Waals surface area contributed by atoms with Crippen molar-refractivity contribution >= 4 is 17.2 Å². The van der Waals surface area contributed by atoms with Gasteiger partial charge in [-0.25, -0.2) is 9.67 Å². The number of nitrogens with zero attached hydrogens (tertiary/aromatic N) is 5. The van der Waals surface area contributed by atoms with Gasteiger partial charge in [-0.05, 0) is 49.6 Å². The number of pyridine rings is 1. The maximum Gasteiger partial charge on any atom is 0.376 e. The highest BCUT2D eigenvalue weighted by atomic mass is 16.6. The van der Waals surface area contributed by atoms with E-state index in [1.807, 2.05) is 48.1 Å². The van der Waals surface area contributed by atoms with Crippen molar-refractivity contribution in [3.63, 3.8) is 0 Å². The number of fused-ring (bicyclic) bond motifs is 1. The zero-order valence-corrected chi connectivity index (χ0v) is 16.4. The molecule has 0 aliphatic rings. The first-order chi connectivity index (χ1) is 14.5. The van der Waals surface area contributed by atoms with Crippen LogP contribution in [0.5, 0.6) is 0 Å². The number of para-hydroxylation sites is 1. The third-order valence-electron chi connectivity index (χ3n) is 4.83. The predicted molar refractivity (Wildman–Crippen MR) is 113 cm³/mol. The molecule has 0 aliphatic heterocycles. The Balaban J connectivity index is 1.47. The predicted octanol–water partition coefficient (Wildman–Crippen LogP) is 3.14. The van der Waals surface area contributed by atoms with Gasteiger partial charge in [0.05, 0.1) is 16.3 Å². The van der Waals surface area contributed by atoms with Crippen LogP contribution in [0.4, 0.5) is 11.5 Å². The lowest BCUT2D eigenvalue weighted by Crippen LogP contribution is -2.21. The van der Waals surface area contributed by atoms with Crippen molar-refractivity contribution in [2.45, 2.75) is 19.8 Å². The first-order valence-corrected chi connectivity index (χ1v) is 9.55. The van der Waals surface area contributed by atoms with Crippen molar-refractivity contribution in [1.82, 2.24) is 19.2 Å². The summed E-state index contributed by atoms with van der Waals surface area (Å²) in [5.41, 5.74) is 2.13. The molecule has 3 aromatic heterocycles. The molecule has 1 aromatic carbocycles. The molecular weight excluding hydrogens is 384 g/mol. The summed E-state index contributed by atoms with van der Waals surface area (Å²) in [6.07, 6.45) is 4.91. The Hall–Kier alpha value is -4.01. The Morgan fingerprint density at radius 1 is 1.13 bits per heavy atom. The molecule has 3 heterocycles. The average Bonchev–Trinajstić information content (AvgIpc) is 3.12. The Morgan fingerprint density at radius 3 is 2.67 bits per heavy atom. The lowest BCUT2D eigenvalue weighted by molar-refractivity contribution is -0.385. The van der Waals surface area contributed by atoms with Crippen molar-refractivity contribution in [2.24, 2.45) is 0 Å². The molecule has 152 valence electrons. The summed E-state index contributed by atoms with van der Waals surface area (Å²) >= 11 is 0. The molecule has 0 spiro atoms. The first kappa shape index (κ1) is 19.3. The average molecular weight is 404 g/mol. The van der Waals surface area contributed by atoms with Gasteiger partial charge in [-0.1, -0.05) is 24.3 Å². The Kier molecular flexibility index (Phi) is 5.25. The van der Waals surface area contributed by atoms with Crippen LogP contribution in [0.1, 0.15) is 17.7 Å². The molecule has 0 aliphatic carbocycles. The fraction of sp³-hybridized carbons (Fsp3) is 0.190. The molecule has 0 atom stereocenters. The molecule has 4 rings (SSSR count). The number of nitrogens with one attached hydrogen (secondary N) is 1. The summed E-state index contributed by atoms with van der Waals surface area (Å²) in [6.45, 7) is 2.39. The molecule has 0 bridgehead atoms. The molecule has 0 saturated heterocycles. The van der Waals surface area contributed by atoms with Crippen LogP contribution in [0, 0.1) is 17.0 Å². The summed E-state index contributed by atoms with van der Waals surface area (Å²) in [5, 5.41) is 18.9. The summed E-state index contributed by atoms with van der Waals surface area (Å²) < 4.78 is 3.01. The summed E-state index contributed by atoms with van der Waals surface area (Å²) in [6, 6.07) is 14.8. The van der Waals surface area contributed by atoms with Crippen LogP contribution in [0.2, 0.25) is 0 Å². The zero-order valence-electron chi connectivity index (χ0n) is 16.4. The molecule has 0 radical (unpaired) electrons. The van der Waals surface area contributed by atoms with E-state index in [1.54, 1.807) is 18.2 Å². The number of nitro groups is 1. The van der Waals surface area contributed by atoms with E-state index < -0.39 is 16.2 Å². The number of aromatic nitrogens is 4. The van der Waals surface area contributed by atoms with Gasteiger partial charge in [0, 0.05) is 18.9 Å². The summed E-state index contributed by atoms with van der Waals surface area (Å²) in [5.74, 6) is -0.00657. The van der Waals surface area contributed by atoms with E-state index >= 15 is 0 Å². The standard InChI is InChI=1S/C21H20N6O3/c1-15-16(14-26(24-15)17-9-3-2-4-10-17)8-7-12-22-20-19(27(29)30)21(28)25-13-6-5-11-18(25)23-20/h2-6,9-11,13-14,22H,7-8,12H2,1H3. The van der Waals surface area contributed by atoms with Crippen molar-refractivity contribution in [2.75, 3.05) is 11.9 Å². The van der Waals surface area contributed by atoms with E-state index in [1.165, 1.54) is 10.6 Å². The lowest BCUT2D eigenvalue weighted by Gasteiger charge is -2.07. The third kappa shape index (κ3) is 3.77. The summed E-state index contributed by atoms with van der Waals surface area (Å²) in [4.78, 5) is 27.4. The van der Waals surface area contributed by atoms with Gasteiger partial charge in [0.25, 0.3) is 0 Å². The molecule has 1 N–H and O–H groups in total. The molecule has 30 heavy (non-hydrogen) atoms. The molecule has 0 amide bonds. The van der Waals surface area contributed by atoms with Gasteiger partial charge in [0.2, 0.25) is 5.82 Å². The SMILES string of the molecule is Cc1nn(-c2ccccc2)cc1CCCNc1nc2ccccn2c(=O)c1[N+](=O)[O-]. The Morgan fingerprint density at radius 2 is 1.90 bits per heavy atom. The smallest absolute Gasteiger partial charge is 0.364 e. The molecule has 9 heteroatoms. The fourth-order valence-electron chi connectivity index (χ4n) is 3.31. The molecular formula is C21H20N6O3. The van der Waals surface area contributed by atoms with E-state index in [-0.39, 0.29) is 5.82 Å². The summed E-state index contributed by atoms with van der Waals surface area (Å²) in [7, 11) is 0. The minimum Gasteiger partial charge on any atom is -0.364 e. The molecule has 4 aromatic rings. The van der Waals surface area contributed by atoms with Crippen LogP contribution in [-0.4, -0.2) is 30.6 Å². The monoisotopic (exact) mass is 404 g/mol. The van der Waals surface area contributed by atoms with Crippen molar-refractivity contribution < 1.29 is 4.92 Å². The minimum atomic E-state index is -0.701. The second kappa shape index (κ2) is 8.16. The van der Waals surface area contributed by atoms with Crippen LogP contribution >= 0.6 is 0 Å². The van der Waals surface area contributed by atoms with Crippen molar-refractivity contribution in [3.8, 4) is 5.69 Å². The van der Waals surface area contributed by atoms with Gasteiger partial charge in [-0.15, -0.1) is 0 Å². The van der Waals surface area contributed by atoms with Crippen molar-refractivity contribution in [1.29, 1.82) is 0 Å². The number of aryl methyl sites for hydroxylation is 2. The van der Waals surface area contributed by atoms with E-state index in [2.05, 4.69) is 15.4 Å². The Bertz CT molecular complexity index is 1260. The van der Waals surface area contributed by atoms with E-state index in [4.69, 9.17) is 0 Å². The van der Waals surface area contributed by atoms with Gasteiger partial charge >= 0.3 is 11.2 Å². The first-order valence-electron chi connectivity index (χ1n) is 9.55. The number of rotatable bonds is 7. The lowest BCUT2D eigenvalue weighted by atomic mass is 10.1. The van der Waals surface area contributed by atoms with Gasteiger partial charge in [-0.2, -0.15) is 5.10 Å². The van der Waals surface area contributed by atoms with Gasteiger partial charge in [0.15, 0.2) is 0 Å². The topological polar surface area (TPSA) is 107 Å². The molecule has 9 nitrogen and oxygen atoms in total. The highest BCUT2D eigenvalue weighted by Gasteiger charge is 2.23. The highest BCUT2D eigenvalue weighted by Crippen LogP contribution is 2.19. The van der Waals surface area contributed by atoms with Crippen LogP contribution < -0.4 is 10.9 Å².